The van der Waals surface area contributed by atoms with Crippen molar-refractivity contribution in [2.24, 2.45) is 11.7 Å². The Labute approximate surface area is 81.2 Å². The van der Waals surface area contributed by atoms with E-state index < -0.39 is 0 Å². The van der Waals surface area contributed by atoms with Crippen LogP contribution in [0.15, 0.2) is 0 Å². The molecule has 1 aliphatic heterocycles. The third-order valence-corrected chi connectivity index (χ3v) is 2.40. The first-order valence-electron chi connectivity index (χ1n) is 5.01. The van der Waals surface area contributed by atoms with Crippen LogP contribution in [0.5, 0.6) is 0 Å². The summed E-state index contributed by atoms with van der Waals surface area (Å²) >= 11 is 0. The van der Waals surface area contributed by atoms with Crippen LogP contribution in [0.3, 0.4) is 0 Å². The maximum absolute atomic E-state index is 5.96. The molecule has 1 unspecified atom stereocenters. The van der Waals surface area contributed by atoms with Gasteiger partial charge in [0.15, 0.2) is 0 Å². The lowest BCUT2D eigenvalue weighted by Crippen LogP contribution is -2.44. The lowest BCUT2D eigenvalue weighted by molar-refractivity contribution is 0.151. The lowest BCUT2D eigenvalue weighted by atomic mass is 10.1. The predicted molar refractivity (Wildman–Crippen MR) is 54.7 cm³/mol. The summed E-state index contributed by atoms with van der Waals surface area (Å²) < 4.78 is 5.15. The number of methoxy groups -OCH3 is 1. The molecule has 2 N–H and O–H groups in total. The van der Waals surface area contributed by atoms with Crippen LogP contribution in [0.2, 0.25) is 0 Å². The highest BCUT2D eigenvalue weighted by Gasteiger charge is 2.25. The molecule has 3 heteroatoms. The summed E-state index contributed by atoms with van der Waals surface area (Å²) in [5.41, 5.74) is 5.89. The van der Waals surface area contributed by atoms with Crippen molar-refractivity contribution in [1.82, 2.24) is 4.90 Å². The van der Waals surface area contributed by atoms with Crippen LogP contribution >= 0.6 is 0 Å². The molecular formula is C10H22N2O. The molecule has 3 nitrogen and oxygen atoms in total. The number of nitrogens with zero attached hydrogens (tertiary/aromatic N) is 1. The van der Waals surface area contributed by atoms with E-state index in [0.717, 1.165) is 19.7 Å². The minimum atomic E-state index is -0.0675. The van der Waals surface area contributed by atoms with E-state index >= 15 is 0 Å². The van der Waals surface area contributed by atoms with E-state index in [2.05, 4.69) is 18.7 Å². The van der Waals surface area contributed by atoms with Gasteiger partial charge in [0.2, 0.25) is 0 Å². The molecule has 0 bridgehead atoms. The first kappa shape index (κ1) is 11.0. The number of hydrogen-bond donors (Lipinski definition) is 1. The molecule has 1 heterocycles. The average Bonchev–Trinajstić information content (AvgIpc) is 2.33. The van der Waals surface area contributed by atoms with Gasteiger partial charge in [-0.05, 0) is 32.7 Å². The van der Waals surface area contributed by atoms with Crippen molar-refractivity contribution in [3.05, 3.63) is 0 Å². The highest BCUT2D eigenvalue weighted by atomic mass is 16.5. The molecule has 1 rings (SSSR count). The summed E-state index contributed by atoms with van der Waals surface area (Å²) in [5.74, 6) is 0.715. The summed E-state index contributed by atoms with van der Waals surface area (Å²) in [7, 11) is 1.77. The Morgan fingerprint density at radius 1 is 1.54 bits per heavy atom. The topological polar surface area (TPSA) is 38.5 Å². The zero-order valence-corrected chi connectivity index (χ0v) is 9.05. The molecule has 0 saturated carbocycles. The fraction of sp³-hybridized carbons (Fsp3) is 1.00. The maximum atomic E-state index is 5.96. The Bertz CT molecular complexity index is 153. The Balaban J connectivity index is 2.25. The van der Waals surface area contributed by atoms with Crippen molar-refractivity contribution in [3.63, 3.8) is 0 Å². The molecule has 1 atom stereocenters. The highest BCUT2D eigenvalue weighted by Crippen LogP contribution is 2.17. The van der Waals surface area contributed by atoms with Crippen LogP contribution in [-0.2, 0) is 4.74 Å². The second-order valence-electron chi connectivity index (χ2n) is 4.83. The van der Waals surface area contributed by atoms with Gasteiger partial charge in [0.05, 0.1) is 6.61 Å². The van der Waals surface area contributed by atoms with Gasteiger partial charge < -0.3 is 15.4 Å². The number of nitrogens with two attached hydrogens (primary N) is 1. The molecule has 0 aliphatic carbocycles. The fourth-order valence-corrected chi connectivity index (χ4v) is 2.00. The average molecular weight is 186 g/mol. The van der Waals surface area contributed by atoms with E-state index in [-0.39, 0.29) is 5.54 Å². The molecule has 13 heavy (non-hydrogen) atoms. The summed E-state index contributed by atoms with van der Waals surface area (Å²) in [6.45, 7) is 8.37. The highest BCUT2D eigenvalue weighted by molar-refractivity contribution is 4.82. The molecule has 0 aromatic heterocycles. The number of rotatable bonds is 4. The van der Waals surface area contributed by atoms with Crippen molar-refractivity contribution >= 4 is 0 Å². The molecule has 1 fully saturated rings. The zero-order valence-electron chi connectivity index (χ0n) is 9.05. The molecule has 0 amide bonds. The summed E-state index contributed by atoms with van der Waals surface area (Å²) in [5, 5.41) is 0. The quantitative estimate of drug-likeness (QED) is 0.702. The van der Waals surface area contributed by atoms with E-state index in [1.165, 1.54) is 13.0 Å². The Morgan fingerprint density at radius 3 is 2.77 bits per heavy atom. The van der Waals surface area contributed by atoms with Gasteiger partial charge in [-0.25, -0.2) is 0 Å². The normalized spacial score (nSPS) is 25.4. The number of likely N-dealkylation sites (tertiary alicyclic amines) is 1. The van der Waals surface area contributed by atoms with Gasteiger partial charge in [-0.1, -0.05) is 0 Å². The van der Waals surface area contributed by atoms with Crippen molar-refractivity contribution in [2.75, 3.05) is 33.4 Å². The first-order valence-corrected chi connectivity index (χ1v) is 5.01. The molecule has 0 aromatic rings. The zero-order chi connectivity index (χ0) is 9.90. The monoisotopic (exact) mass is 186 g/mol. The smallest absolute Gasteiger partial charge is 0.0503 e. The molecule has 0 aromatic carbocycles. The van der Waals surface area contributed by atoms with Crippen LogP contribution in [0.25, 0.3) is 0 Å². The van der Waals surface area contributed by atoms with Crippen molar-refractivity contribution in [2.45, 2.75) is 25.8 Å². The van der Waals surface area contributed by atoms with Gasteiger partial charge in [-0.2, -0.15) is 0 Å². The molecule has 0 spiro atoms. The summed E-state index contributed by atoms with van der Waals surface area (Å²) in [4.78, 5) is 2.43. The van der Waals surface area contributed by atoms with Crippen LogP contribution < -0.4 is 5.73 Å². The standard InChI is InChI=1S/C10H22N2O/c1-10(2,11)8-12-5-4-9(6-12)7-13-3/h9H,4-8,11H2,1-3H3. The lowest BCUT2D eigenvalue weighted by Gasteiger charge is -2.26. The summed E-state index contributed by atoms with van der Waals surface area (Å²) in [6, 6.07) is 0. The maximum Gasteiger partial charge on any atom is 0.0503 e. The second-order valence-corrected chi connectivity index (χ2v) is 4.83. The number of hydrogen-bond acceptors (Lipinski definition) is 3. The predicted octanol–water partition coefficient (Wildman–Crippen LogP) is 0.692. The van der Waals surface area contributed by atoms with Gasteiger partial charge >= 0.3 is 0 Å². The van der Waals surface area contributed by atoms with Crippen LogP contribution in [0, 0.1) is 5.92 Å². The molecule has 1 aliphatic rings. The van der Waals surface area contributed by atoms with Crippen molar-refractivity contribution in [1.29, 1.82) is 0 Å². The van der Waals surface area contributed by atoms with Crippen LogP contribution in [-0.4, -0.2) is 43.8 Å². The SMILES string of the molecule is COCC1CCN(CC(C)(C)N)C1. The molecule has 1 saturated heterocycles. The summed E-state index contributed by atoms with van der Waals surface area (Å²) in [6.07, 6.45) is 1.25. The Morgan fingerprint density at radius 2 is 2.23 bits per heavy atom. The van der Waals surface area contributed by atoms with Gasteiger partial charge in [0.25, 0.3) is 0 Å². The third kappa shape index (κ3) is 4.07. The van der Waals surface area contributed by atoms with Crippen molar-refractivity contribution in [3.8, 4) is 0 Å². The third-order valence-electron chi connectivity index (χ3n) is 2.40. The van der Waals surface area contributed by atoms with Gasteiger partial charge in [-0.15, -0.1) is 0 Å². The van der Waals surface area contributed by atoms with Gasteiger partial charge in [0.1, 0.15) is 0 Å². The molecule has 78 valence electrons. The van der Waals surface area contributed by atoms with Crippen molar-refractivity contribution < 1.29 is 4.74 Å². The fourth-order valence-electron chi connectivity index (χ4n) is 2.00. The van der Waals surface area contributed by atoms with E-state index in [4.69, 9.17) is 10.5 Å². The van der Waals surface area contributed by atoms with E-state index in [9.17, 15) is 0 Å². The van der Waals surface area contributed by atoms with E-state index in [1.54, 1.807) is 7.11 Å². The minimum absolute atomic E-state index is 0.0675. The minimum Gasteiger partial charge on any atom is -0.384 e. The second kappa shape index (κ2) is 4.40. The van der Waals surface area contributed by atoms with Gasteiger partial charge in [-0.3, -0.25) is 0 Å². The largest absolute Gasteiger partial charge is 0.384 e. The van der Waals surface area contributed by atoms with Crippen LogP contribution in [0.1, 0.15) is 20.3 Å². The Hall–Kier alpha value is -0.120. The first-order chi connectivity index (χ1) is 6.01. The number of ether oxygens (including phenoxy) is 1. The van der Waals surface area contributed by atoms with E-state index in [0.29, 0.717) is 5.92 Å². The van der Waals surface area contributed by atoms with E-state index in [1.807, 2.05) is 0 Å². The van der Waals surface area contributed by atoms with Gasteiger partial charge in [0, 0.05) is 25.7 Å². The molecule has 0 radical (unpaired) electrons. The Kier molecular flexibility index (Phi) is 3.71. The van der Waals surface area contributed by atoms with Crippen LogP contribution in [0.4, 0.5) is 0 Å². The molecular weight excluding hydrogens is 164 g/mol.